The topological polar surface area (TPSA) is 52.6 Å². The highest BCUT2D eigenvalue weighted by molar-refractivity contribution is 6.04. The highest BCUT2D eigenvalue weighted by atomic mass is 16.2. The van der Waals surface area contributed by atoms with E-state index in [1.165, 1.54) is 0 Å². The summed E-state index contributed by atoms with van der Waals surface area (Å²) in [5, 5.41) is 12.3. The Hall–Kier alpha value is -1.65. The Balaban J connectivity index is 2.62. The number of hydrogen-bond acceptors (Lipinski definition) is 4. The van der Waals surface area contributed by atoms with Crippen LogP contribution >= 0.6 is 0 Å². The standard InChI is InChI=1S/C18H28N2O2/c1-3-20(4-2)13-12-19-17(11-8-14-21)15-18(22)16-9-6-5-7-10-16/h5-7,9-10,15,19,21H,3-4,8,11-14H2,1-2H3/b17-15+. The van der Waals surface area contributed by atoms with Gasteiger partial charge in [-0.15, -0.1) is 0 Å². The minimum Gasteiger partial charge on any atom is -0.396 e. The van der Waals surface area contributed by atoms with Crippen molar-refractivity contribution in [1.29, 1.82) is 0 Å². The summed E-state index contributed by atoms with van der Waals surface area (Å²) in [4.78, 5) is 14.6. The lowest BCUT2D eigenvalue weighted by Gasteiger charge is -2.19. The number of rotatable bonds is 11. The third kappa shape index (κ3) is 6.87. The lowest BCUT2D eigenvalue weighted by molar-refractivity contribution is 0.104. The van der Waals surface area contributed by atoms with Crippen molar-refractivity contribution in [2.45, 2.75) is 26.7 Å². The Labute approximate surface area is 133 Å². The molecular formula is C18H28N2O2. The number of carbonyl (C=O) groups is 1. The molecule has 0 aliphatic heterocycles. The molecule has 1 aromatic carbocycles. The summed E-state index contributed by atoms with van der Waals surface area (Å²) in [6.07, 6.45) is 3.01. The lowest BCUT2D eigenvalue weighted by Crippen LogP contribution is -2.31. The molecule has 22 heavy (non-hydrogen) atoms. The Bertz CT molecular complexity index is 453. The van der Waals surface area contributed by atoms with Gasteiger partial charge in [-0.05, 0) is 25.9 Å². The van der Waals surface area contributed by atoms with E-state index < -0.39 is 0 Å². The van der Waals surface area contributed by atoms with Gasteiger partial charge in [-0.25, -0.2) is 0 Å². The third-order valence-electron chi connectivity index (χ3n) is 3.64. The predicted molar refractivity (Wildman–Crippen MR) is 91.0 cm³/mol. The molecule has 0 radical (unpaired) electrons. The smallest absolute Gasteiger partial charge is 0.187 e. The SMILES string of the molecule is CCN(CC)CCN/C(=C/C(=O)c1ccccc1)CCCO. The van der Waals surface area contributed by atoms with Gasteiger partial charge in [0.25, 0.3) is 0 Å². The molecule has 2 N–H and O–H groups in total. The van der Waals surface area contributed by atoms with Gasteiger partial charge in [0, 0.05) is 37.0 Å². The lowest BCUT2D eigenvalue weighted by atomic mass is 10.1. The van der Waals surface area contributed by atoms with Crippen LogP contribution in [0, 0.1) is 0 Å². The Morgan fingerprint density at radius 3 is 2.50 bits per heavy atom. The van der Waals surface area contributed by atoms with Crippen LogP contribution in [0.25, 0.3) is 0 Å². The van der Waals surface area contributed by atoms with Gasteiger partial charge in [0.2, 0.25) is 0 Å². The molecule has 122 valence electrons. The maximum atomic E-state index is 12.2. The number of nitrogens with zero attached hydrogens (tertiary/aromatic N) is 1. The summed E-state index contributed by atoms with van der Waals surface area (Å²) < 4.78 is 0. The van der Waals surface area contributed by atoms with E-state index in [1.807, 2.05) is 30.3 Å². The highest BCUT2D eigenvalue weighted by Crippen LogP contribution is 2.06. The molecule has 0 fully saturated rings. The van der Waals surface area contributed by atoms with Crippen LogP contribution in [0.5, 0.6) is 0 Å². The van der Waals surface area contributed by atoms with Crippen molar-refractivity contribution in [2.75, 3.05) is 32.8 Å². The first-order valence-corrected chi connectivity index (χ1v) is 8.08. The fraction of sp³-hybridized carbons (Fsp3) is 0.500. The summed E-state index contributed by atoms with van der Waals surface area (Å²) in [5.41, 5.74) is 1.59. The maximum Gasteiger partial charge on any atom is 0.187 e. The second kappa shape index (κ2) is 11.0. The van der Waals surface area contributed by atoms with Gasteiger partial charge in [0.15, 0.2) is 5.78 Å². The maximum absolute atomic E-state index is 12.2. The van der Waals surface area contributed by atoms with Crippen molar-refractivity contribution in [2.24, 2.45) is 0 Å². The molecule has 4 nitrogen and oxygen atoms in total. The zero-order valence-corrected chi connectivity index (χ0v) is 13.7. The zero-order chi connectivity index (χ0) is 16.2. The van der Waals surface area contributed by atoms with E-state index in [2.05, 4.69) is 24.1 Å². The van der Waals surface area contributed by atoms with Crippen molar-refractivity contribution in [3.63, 3.8) is 0 Å². The predicted octanol–water partition coefficient (Wildman–Crippen LogP) is 2.46. The molecule has 0 aromatic heterocycles. The number of ketones is 1. The molecule has 1 aromatic rings. The number of allylic oxidation sites excluding steroid dienone is 2. The molecule has 0 bridgehead atoms. The van der Waals surface area contributed by atoms with Crippen molar-refractivity contribution in [3.05, 3.63) is 47.7 Å². The monoisotopic (exact) mass is 304 g/mol. The van der Waals surface area contributed by atoms with Crippen LogP contribution in [0.15, 0.2) is 42.1 Å². The first-order chi connectivity index (χ1) is 10.7. The molecule has 0 amide bonds. The molecule has 1 rings (SSSR count). The van der Waals surface area contributed by atoms with Gasteiger partial charge >= 0.3 is 0 Å². The average Bonchev–Trinajstić information content (AvgIpc) is 2.57. The Morgan fingerprint density at radius 2 is 1.91 bits per heavy atom. The third-order valence-corrected chi connectivity index (χ3v) is 3.64. The van der Waals surface area contributed by atoms with E-state index in [1.54, 1.807) is 6.08 Å². The van der Waals surface area contributed by atoms with Crippen LogP contribution < -0.4 is 5.32 Å². The van der Waals surface area contributed by atoms with Crippen LogP contribution in [0.4, 0.5) is 0 Å². The fourth-order valence-corrected chi connectivity index (χ4v) is 2.24. The first-order valence-electron chi connectivity index (χ1n) is 8.08. The fourth-order valence-electron chi connectivity index (χ4n) is 2.24. The summed E-state index contributed by atoms with van der Waals surface area (Å²) in [7, 11) is 0. The van der Waals surface area contributed by atoms with E-state index in [-0.39, 0.29) is 12.4 Å². The number of aliphatic hydroxyl groups is 1. The first kappa shape index (κ1) is 18.4. The molecule has 0 heterocycles. The van der Waals surface area contributed by atoms with Gasteiger partial charge < -0.3 is 15.3 Å². The molecule has 0 aliphatic rings. The van der Waals surface area contributed by atoms with Crippen molar-refractivity contribution in [1.82, 2.24) is 10.2 Å². The second-order valence-electron chi connectivity index (χ2n) is 5.18. The molecule has 0 atom stereocenters. The van der Waals surface area contributed by atoms with Crippen LogP contribution in [0.1, 0.15) is 37.0 Å². The number of hydrogen-bond donors (Lipinski definition) is 2. The highest BCUT2D eigenvalue weighted by Gasteiger charge is 2.05. The van der Waals surface area contributed by atoms with Gasteiger partial charge in [-0.3, -0.25) is 4.79 Å². The molecule has 0 aliphatic carbocycles. The van der Waals surface area contributed by atoms with E-state index in [0.717, 1.165) is 31.9 Å². The molecule has 0 spiro atoms. The van der Waals surface area contributed by atoms with Crippen molar-refractivity contribution >= 4 is 5.78 Å². The van der Waals surface area contributed by atoms with Gasteiger partial charge in [0.05, 0.1) is 0 Å². The van der Waals surface area contributed by atoms with Gasteiger partial charge in [-0.1, -0.05) is 44.2 Å². The van der Waals surface area contributed by atoms with Crippen LogP contribution in [-0.4, -0.2) is 48.6 Å². The summed E-state index contributed by atoms with van der Waals surface area (Å²) >= 11 is 0. The van der Waals surface area contributed by atoms with E-state index >= 15 is 0 Å². The number of likely N-dealkylation sites (N-methyl/N-ethyl adjacent to an activating group) is 1. The quantitative estimate of drug-likeness (QED) is 0.487. The second-order valence-corrected chi connectivity index (χ2v) is 5.18. The van der Waals surface area contributed by atoms with Gasteiger partial charge in [0.1, 0.15) is 0 Å². The molecule has 0 saturated heterocycles. The summed E-state index contributed by atoms with van der Waals surface area (Å²) in [5.74, 6) is 0.00359. The number of aliphatic hydroxyl groups excluding tert-OH is 1. The molecule has 4 heteroatoms. The Kier molecular flexibility index (Phi) is 9.19. The zero-order valence-electron chi connectivity index (χ0n) is 13.7. The van der Waals surface area contributed by atoms with E-state index in [0.29, 0.717) is 18.4 Å². The minimum absolute atomic E-state index is 0.00359. The van der Waals surface area contributed by atoms with Crippen molar-refractivity contribution < 1.29 is 9.90 Å². The number of carbonyl (C=O) groups excluding carboxylic acids is 1. The summed E-state index contributed by atoms with van der Waals surface area (Å²) in [6.45, 7) is 8.22. The van der Waals surface area contributed by atoms with E-state index in [9.17, 15) is 4.79 Å². The normalized spacial score (nSPS) is 11.7. The van der Waals surface area contributed by atoms with Crippen LogP contribution in [0.2, 0.25) is 0 Å². The van der Waals surface area contributed by atoms with Gasteiger partial charge in [-0.2, -0.15) is 0 Å². The minimum atomic E-state index is 0.00359. The number of nitrogens with one attached hydrogen (secondary N) is 1. The van der Waals surface area contributed by atoms with Crippen LogP contribution in [-0.2, 0) is 0 Å². The van der Waals surface area contributed by atoms with Crippen LogP contribution in [0.3, 0.4) is 0 Å². The summed E-state index contributed by atoms with van der Waals surface area (Å²) in [6, 6.07) is 9.26. The van der Waals surface area contributed by atoms with Crippen molar-refractivity contribution in [3.8, 4) is 0 Å². The number of benzene rings is 1. The molecule has 0 unspecified atom stereocenters. The van der Waals surface area contributed by atoms with E-state index in [4.69, 9.17) is 5.11 Å². The average molecular weight is 304 g/mol. The molecular weight excluding hydrogens is 276 g/mol. The largest absolute Gasteiger partial charge is 0.396 e. The molecule has 0 saturated carbocycles. The Morgan fingerprint density at radius 1 is 1.23 bits per heavy atom.